The molecule has 0 bridgehead atoms. The first kappa shape index (κ1) is 25.1. The van der Waals surface area contributed by atoms with Crippen molar-refractivity contribution in [3.63, 3.8) is 0 Å². The number of hydrogen-bond donors (Lipinski definition) is 2. The Morgan fingerprint density at radius 2 is 1.83 bits per heavy atom. The maximum atomic E-state index is 11.9. The van der Waals surface area contributed by atoms with Gasteiger partial charge in [-0.1, -0.05) is 54.1 Å². The smallest absolute Gasteiger partial charge is 0.246 e. The molecule has 2 N–H and O–H groups in total. The zero-order valence-corrected chi connectivity index (χ0v) is 21.5. The van der Waals surface area contributed by atoms with Crippen LogP contribution in [0.3, 0.4) is 0 Å². The van der Waals surface area contributed by atoms with Crippen molar-refractivity contribution in [2.45, 2.75) is 13.1 Å². The van der Waals surface area contributed by atoms with Gasteiger partial charge in [0.1, 0.15) is 12.4 Å². The fourth-order valence-electron chi connectivity index (χ4n) is 3.40. The molecule has 35 heavy (non-hydrogen) atoms. The standard InChI is InChI=1S/C25H25BrClN5O3/c1-34-10-11-35-16-24(33)29-14-18-8-6-17(7-9-18)13-28-23-12-22(19-4-2-3-5-21(19)27)31-25-20(26)15-30-32(23)25/h2-9,12,15,28H,10-11,13-14,16H2,1H3,(H,29,33). The summed E-state index contributed by atoms with van der Waals surface area (Å²) in [5, 5.41) is 11.4. The number of ether oxygens (including phenoxy) is 2. The number of halogens is 2. The van der Waals surface area contributed by atoms with Gasteiger partial charge in [0.25, 0.3) is 0 Å². The van der Waals surface area contributed by atoms with Crippen LogP contribution in [0.1, 0.15) is 11.1 Å². The third kappa shape index (κ3) is 6.58. The number of hydrogen-bond acceptors (Lipinski definition) is 6. The van der Waals surface area contributed by atoms with Gasteiger partial charge in [0.2, 0.25) is 5.91 Å². The second kappa shape index (κ2) is 12.1. The lowest BCUT2D eigenvalue weighted by Gasteiger charge is -2.12. The average Bonchev–Trinajstić information content (AvgIpc) is 3.25. The summed E-state index contributed by atoms with van der Waals surface area (Å²) < 4.78 is 12.7. The molecule has 0 atom stereocenters. The molecular formula is C25H25BrClN5O3. The van der Waals surface area contributed by atoms with E-state index in [0.717, 1.165) is 32.7 Å². The molecular weight excluding hydrogens is 534 g/mol. The maximum absolute atomic E-state index is 11.9. The van der Waals surface area contributed by atoms with Crippen molar-refractivity contribution in [2.24, 2.45) is 0 Å². The predicted molar refractivity (Wildman–Crippen MR) is 139 cm³/mol. The average molecular weight is 559 g/mol. The first-order chi connectivity index (χ1) is 17.0. The summed E-state index contributed by atoms with van der Waals surface area (Å²) in [5.41, 5.74) is 4.38. The molecule has 4 rings (SSSR count). The summed E-state index contributed by atoms with van der Waals surface area (Å²) in [4.78, 5) is 16.6. The number of anilines is 1. The van der Waals surface area contributed by atoms with Crippen molar-refractivity contribution in [2.75, 3.05) is 32.2 Å². The highest BCUT2D eigenvalue weighted by Gasteiger charge is 2.13. The van der Waals surface area contributed by atoms with E-state index in [0.29, 0.717) is 37.0 Å². The molecule has 0 saturated heterocycles. The molecule has 0 fully saturated rings. The van der Waals surface area contributed by atoms with Gasteiger partial charge in [0.05, 0.1) is 29.6 Å². The fraction of sp³-hybridized carbons (Fsp3) is 0.240. The minimum Gasteiger partial charge on any atom is -0.382 e. The van der Waals surface area contributed by atoms with E-state index in [1.807, 2.05) is 54.6 Å². The van der Waals surface area contributed by atoms with E-state index < -0.39 is 0 Å². The topological polar surface area (TPSA) is 89.8 Å². The number of benzene rings is 2. The summed E-state index contributed by atoms with van der Waals surface area (Å²) in [6.45, 7) is 1.90. The second-order valence-electron chi connectivity index (χ2n) is 7.73. The normalized spacial score (nSPS) is 11.1. The minimum atomic E-state index is -0.159. The molecule has 10 heteroatoms. The zero-order valence-electron chi connectivity index (χ0n) is 19.1. The lowest BCUT2D eigenvalue weighted by Crippen LogP contribution is -2.27. The molecule has 1 amide bonds. The molecule has 0 unspecified atom stereocenters. The Hall–Kier alpha value is -2.98. The van der Waals surface area contributed by atoms with Crippen molar-refractivity contribution in [1.82, 2.24) is 19.9 Å². The molecule has 2 heterocycles. The lowest BCUT2D eigenvalue weighted by molar-refractivity contribution is -0.126. The highest BCUT2D eigenvalue weighted by Crippen LogP contribution is 2.30. The van der Waals surface area contributed by atoms with Crippen LogP contribution in [0.2, 0.25) is 5.02 Å². The van der Waals surface area contributed by atoms with Crippen LogP contribution in [-0.2, 0) is 27.4 Å². The number of methoxy groups -OCH3 is 1. The zero-order chi connectivity index (χ0) is 24.6. The summed E-state index contributed by atoms with van der Waals surface area (Å²) in [6, 6.07) is 17.6. The van der Waals surface area contributed by atoms with Crippen LogP contribution in [-0.4, -0.2) is 47.4 Å². The number of carbonyl (C=O) groups is 1. The molecule has 2 aromatic carbocycles. The van der Waals surface area contributed by atoms with Gasteiger partial charge in [-0.2, -0.15) is 9.61 Å². The summed E-state index contributed by atoms with van der Waals surface area (Å²) in [5.74, 6) is 0.633. The lowest BCUT2D eigenvalue weighted by atomic mass is 10.1. The van der Waals surface area contributed by atoms with E-state index in [9.17, 15) is 4.79 Å². The Kier molecular flexibility index (Phi) is 8.70. The van der Waals surface area contributed by atoms with Crippen molar-refractivity contribution in [3.8, 4) is 11.3 Å². The van der Waals surface area contributed by atoms with E-state index >= 15 is 0 Å². The largest absolute Gasteiger partial charge is 0.382 e. The molecule has 0 saturated carbocycles. The van der Waals surface area contributed by atoms with E-state index in [1.54, 1.807) is 17.8 Å². The predicted octanol–water partition coefficient (Wildman–Crippen LogP) is 4.70. The fourth-order valence-corrected chi connectivity index (χ4v) is 3.98. The first-order valence-electron chi connectivity index (χ1n) is 11.0. The number of fused-ring (bicyclic) bond motifs is 1. The van der Waals surface area contributed by atoms with Crippen molar-refractivity contribution < 1.29 is 14.3 Å². The number of amides is 1. The molecule has 0 spiro atoms. The molecule has 182 valence electrons. The van der Waals surface area contributed by atoms with Gasteiger partial charge in [0, 0.05) is 36.9 Å². The minimum absolute atomic E-state index is 0.0193. The summed E-state index contributed by atoms with van der Waals surface area (Å²) in [6.07, 6.45) is 1.72. The van der Waals surface area contributed by atoms with Crippen LogP contribution in [0, 0.1) is 0 Å². The molecule has 0 aliphatic rings. The van der Waals surface area contributed by atoms with E-state index in [2.05, 4.69) is 31.7 Å². The van der Waals surface area contributed by atoms with Crippen molar-refractivity contribution >= 4 is 44.9 Å². The van der Waals surface area contributed by atoms with Crippen LogP contribution < -0.4 is 10.6 Å². The van der Waals surface area contributed by atoms with Gasteiger partial charge in [-0.15, -0.1) is 0 Å². The van der Waals surface area contributed by atoms with Gasteiger partial charge in [0.15, 0.2) is 5.65 Å². The molecule has 0 aliphatic carbocycles. The van der Waals surface area contributed by atoms with Crippen LogP contribution in [0.25, 0.3) is 16.9 Å². The second-order valence-corrected chi connectivity index (χ2v) is 8.99. The highest BCUT2D eigenvalue weighted by molar-refractivity contribution is 9.10. The Labute approximate surface area is 216 Å². The summed E-state index contributed by atoms with van der Waals surface area (Å²) >= 11 is 9.94. The number of nitrogens with zero attached hydrogens (tertiary/aromatic N) is 3. The van der Waals surface area contributed by atoms with Gasteiger partial charge in [-0.25, -0.2) is 4.98 Å². The Morgan fingerprint density at radius 3 is 2.57 bits per heavy atom. The highest BCUT2D eigenvalue weighted by atomic mass is 79.9. The number of rotatable bonds is 11. The molecule has 0 aliphatic heterocycles. The Morgan fingerprint density at radius 1 is 1.09 bits per heavy atom. The maximum Gasteiger partial charge on any atom is 0.246 e. The van der Waals surface area contributed by atoms with Gasteiger partial charge in [-0.05, 0) is 33.1 Å². The molecule has 4 aromatic rings. The molecule has 2 aromatic heterocycles. The monoisotopic (exact) mass is 557 g/mol. The van der Waals surface area contributed by atoms with Gasteiger partial charge < -0.3 is 20.1 Å². The molecule has 8 nitrogen and oxygen atoms in total. The van der Waals surface area contributed by atoms with E-state index in [4.69, 9.17) is 26.1 Å². The van der Waals surface area contributed by atoms with Crippen LogP contribution in [0.5, 0.6) is 0 Å². The Balaban J connectivity index is 1.40. The van der Waals surface area contributed by atoms with Crippen molar-refractivity contribution in [3.05, 3.63) is 81.4 Å². The summed E-state index contributed by atoms with van der Waals surface area (Å²) in [7, 11) is 1.59. The van der Waals surface area contributed by atoms with Gasteiger partial charge in [-0.3, -0.25) is 4.79 Å². The molecule has 0 radical (unpaired) electrons. The van der Waals surface area contributed by atoms with Crippen LogP contribution >= 0.6 is 27.5 Å². The van der Waals surface area contributed by atoms with Crippen molar-refractivity contribution in [1.29, 1.82) is 0 Å². The van der Waals surface area contributed by atoms with Gasteiger partial charge >= 0.3 is 0 Å². The third-order valence-electron chi connectivity index (χ3n) is 5.23. The SMILES string of the molecule is COCCOCC(=O)NCc1ccc(CNc2cc(-c3ccccc3Cl)nc3c(Br)cnn23)cc1. The Bertz CT molecular complexity index is 1300. The van der Waals surface area contributed by atoms with E-state index in [-0.39, 0.29) is 12.5 Å². The number of nitrogens with one attached hydrogen (secondary N) is 2. The first-order valence-corrected chi connectivity index (χ1v) is 12.2. The van der Waals surface area contributed by atoms with Crippen LogP contribution in [0.15, 0.2) is 65.3 Å². The number of carbonyl (C=O) groups excluding carboxylic acids is 1. The number of aromatic nitrogens is 3. The quantitative estimate of drug-likeness (QED) is 0.259. The van der Waals surface area contributed by atoms with E-state index in [1.165, 1.54) is 0 Å². The third-order valence-corrected chi connectivity index (χ3v) is 6.12. The van der Waals surface area contributed by atoms with Crippen LogP contribution in [0.4, 0.5) is 5.82 Å².